The molecule has 2 aromatic rings. The Hall–Kier alpha value is -2.94. The number of alkyl halides is 3. The van der Waals surface area contributed by atoms with Crippen molar-refractivity contribution in [3.63, 3.8) is 0 Å². The largest absolute Gasteiger partial charge is 0.469 e. The van der Waals surface area contributed by atoms with Crippen LogP contribution in [0.3, 0.4) is 0 Å². The molecular weight excluding hydrogens is 381 g/mol. The lowest BCUT2D eigenvalue weighted by atomic mass is 10.1. The minimum Gasteiger partial charge on any atom is -0.469 e. The molecule has 3 rings (SSSR count). The summed E-state index contributed by atoms with van der Waals surface area (Å²) in [5.74, 6) is -0.888. The topological polar surface area (TPSA) is 58.6 Å². The Balaban J connectivity index is 1.57. The van der Waals surface area contributed by atoms with Gasteiger partial charge in [-0.25, -0.2) is 0 Å². The minimum atomic E-state index is -4.54. The Morgan fingerprint density at radius 3 is 2.15 bits per heavy atom. The summed E-state index contributed by atoms with van der Waals surface area (Å²) in [5, 5.41) is 2.09. The molecule has 2 aromatic carbocycles. The molecule has 0 bridgehead atoms. The molecule has 0 radical (unpaired) electrons. The highest BCUT2D eigenvalue weighted by Crippen LogP contribution is 2.34. The molecule has 0 aliphatic carbocycles. The number of hydrogen-bond acceptors (Lipinski definition) is 4. The fraction of sp³-hybridized carbons (Fsp3) is 0.167. The lowest BCUT2D eigenvalue weighted by molar-refractivity contribution is -0.136. The number of carbonyl (C=O) groups is 2. The number of para-hydroxylation sites is 1. The van der Waals surface area contributed by atoms with E-state index in [2.05, 4.69) is 5.32 Å². The maximum absolute atomic E-state index is 13.0. The van der Waals surface area contributed by atoms with Gasteiger partial charge in [-0.3, -0.25) is 14.5 Å². The third kappa shape index (κ3) is 3.92. The molecule has 140 valence electrons. The fourth-order valence-electron chi connectivity index (χ4n) is 2.66. The van der Waals surface area contributed by atoms with Crippen molar-refractivity contribution in [2.45, 2.75) is 6.18 Å². The summed E-state index contributed by atoms with van der Waals surface area (Å²) in [7, 11) is 0. The molecule has 1 aliphatic heterocycles. The van der Waals surface area contributed by atoms with E-state index in [9.17, 15) is 22.8 Å². The quantitative estimate of drug-likeness (QED) is 0.633. The van der Waals surface area contributed by atoms with E-state index in [1.54, 1.807) is 24.3 Å². The van der Waals surface area contributed by atoms with E-state index in [-0.39, 0.29) is 24.0 Å². The fourth-order valence-corrected chi connectivity index (χ4v) is 2.85. The lowest BCUT2D eigenvalue weighted by Crippen LogP contribution is -2.34. The first-order chi connectivity index (χ1) is 12.8. The van der Waals surface area contributed by atoms with Crippen molar-refractivity contribution >= 4 is 34.9 Å². The van der Waals surface area contributed by atoms with Gasteiger partial charge in [0.25, 0.3) is 17.0 Å². The standard InChI is InChI=1S/C18H13F3N2O3S/c19-18(20,21)13-7-3-4-8-14(13)22-17(27)26-10-9-23-15(24)11-5-1-2-6-12(11)16(23)25/h1-8H,9-10H2,(H,22,27). The van der Waals surface area contributed by atoms with Crippen LogP contribution in [0.2, 0.25) is 0 Å². The smallest absolute Gasteiger partial charge is 0.418 e. The summed E-state index contributed by atoms with van der Waals surface area (Å²) in [6.07, 6.45) is -4.54. The number of fused-ring (bicyclic) bond motifs is 1. The summed E-state index contributed by atoms with van der Waals surface area (Å²) in [6, 6.07) is 11.3. The average molecular weight is 394 g/mol. The van der Waals surface area contributed by atoms with Crippen LogP contribution in [0.25, 0.3) is 0 Å². The van der Waals surface area contributed by atoms with Crippen LogP contribution in [0.5, 0.6) is 0 Å². The number of carbonyl (C=O) groups excluding carboxylic acids is 2. The van der Waals surface area contributed by atoms with Crippen LogP contribution in [-0.4, -0.2) is 35.0 Å². The summed E-state index contributed by atoms with van der Waals surface area (Å²) in [4.78, 5) is 25.4. The zero-order valence-electron chi connectivity index (χ0n) is 13.7. The van der Waals surface area contributed by atoms with E-state index in [0.29, 0.717) is 11.1 Å². The lowest BCUT2D eigenvalue weighted by Gasteiger charge is -2.17. The molecule has 0 unspecified atom stereocenters. The summed E-state index contributed by atoms with van der Waals surface area (Å²) in [6.45, 7) is -0.222. The Bertz CT molecular complexity index is 880. The van der Waals surface area contributed by atoms with Crippen molar-refractivity contribution in [3.05, 3.63) is 65.2 Å². The average Bonchev–Trinajstić information content (AvgIpc) is 2.86. The van der Waals surface area contributed by atoms with Gasteiger partial charge in [0.2, 0.25) is 0 Å². The number of nitrogens with zero attached hydrogens (tertiary/aromatic N) is 1. The maximum atomic E-state index is 13.0. The van der Waals surface area contributed by atoms with Crippen LogP contribution in [0.4, 0.5) is 18.9 Å². The molecular formula is C18H13F3N2O3S. The minimum absolute atomic E-state index is 0.0743. The number of halogens is 3. The molecule has 1 aliphatic rings. The number of hydrogen-bond donors (Lipinski definition) is 1. The molecule has 0 fully saturated rings. The van der Waals surface area contributed by atoms with Crippen LogP contribution >= 0.6 is 12.2 Å². The van der Waals surface area contributed by atoms with E-state index < -0.39 is 23.6 Å². The zero-order valence-corrected chi connectivity index (χ0v) is 14.6. The highest BCUT2D eigenvalue weighted by atomic mass is 32.1. The molecule has 0 aromatic heterocycles. The molecule has 5 nitrogen and oxygen atoms in total. The summed E-state index contributed by atoms with van der Waals surface area (Å²) < 4.78 is 44.1. The normalized spacial score (nSPS) is 13.5. The van der Waals surface area contributed by atoms with E-state index in [1.807, 2.05) is 0 Å². The summed E-state index contributed by atoms with van der Waals surface area (Å²) in [5.41, 5.74) is -0.503. The number of anilines is 1. The summed E-state index contributed by atoms with van der Waals surface area (Å²) >= 11 is 4.90. The van der Waals surface area contributed by atoms with E-state index >= 15 is 0 Å². The van der Waals surface area contributed by atoms with Gasteiger partial charge in [-0.2, -0.15) is 13.2 Å². The van der Waals surface area contributed by atoms with E-state index in [1.165, 1.54) is 18.2 Å². The molecule has 0 saturated heterocycles. The Kier molecular flexibility index (Phi) is 5.13. The molecule has 0 atom stereocenters. The zero-order chi connectivity index (χ0) is 19.6. The van der Waals surface area contributed by atoms with Gasteiger partial charge in [-0.05, 0) is 36.5 Å². The first kappa shape index (κ1) is 18.8. The van der Waals surface area contributed by atoms with Gasteiger partial charge in [0, 0.05) is 0 Å². The SMILES string of the molecule is O=C1c2ccccc2C(=O)N1CCOC(=S)Nc1ccccc1C(F)(F)F. The predicted octanol–water partition coefficient (Wildman–Crippen LogP) is 3.72. The molecule has 9 heteroatoms. The van der Waals surface area contributed by atoms with Crippen molar-refractivity contribution in [1.82, 2.24) is 4.90 Å². The second-order valence-corrected chi connectivity index (χ2v) is 5.98. The number of imide groups is 1. The van der Waals surface area contributed by atoms with Crippen molar-refractivity contribution in [3.8, 4) is 0 Å². The number of thiocarbonyl (C=S) groups is 1. The highest BCUT2D eigenvalue weighted by molar-refractivity contribution is 7.80. The van der Waals surface area contributed by atoms with Crippen molar-refractivity contribution in [2.24, 2.45) is 0 Å². The molecule has 0 saturated carbocycles. The number of benzene rings is 2. The third-order valence-electron chi connectivity index (χ3n) is 3.90. The molecule has 2 amide bonds. The number of rotatable bonds is 4. The maximum Gasteiger partial charge on any atom is 0.418 e. The van der Waals surface area contributed by atoms with Crippen molar-refractivity contribution in [2.75, 3.05) is 18.5 Å². The third-order valence-corrected chi connectivity index (χ3v) is 4.12. The predicted molar refractivity (Wildman–Crippen MR) is 95.4 cm³/mol. The van der Waals surface area contributed by atoms with Gasteiger partial charge in [-0.1, -0.05) is 24.3 Å². The van der Waals surface area contributed by atoms with Gasteiger partial charge in [0.05, 0.1) is 28.9 Å². The van der Waals surface area contributed by atoms with E-state index in [4.69, 9.17) is 17.0 Å². The van der Waals surface area contributed by atoms with Gasteiger partial charge >= 0.3 is 6.18 Å². The first-order valence-corrected chi connectivity index (χ1v) is 8.25. The van der Waals surface area contributed by atoms with Crippen molar-refractivity contribution < 1.29 is 27.5 Å². The molecule has 27 heavy (non-hydrogen) atoms. The van der Waals surface area contributed by atoms with Crippen LogP contribution in [0.15, 0.2) is 48.5 Å². The Labute approximate surface area is 157 Å². The van der Waals surface area contributed by atoms with Gasteiger partial charge in [-0.15, -0.1) is 0 Å². The van der Waals surface area contributed by atoms with Gasteiger partial charge < -0.3 is 10.1 Å². The van der Waals surface area contributed by atoms with Crippen molar-refractivity contribution in [1.29, 1.82) is 0 Å². The van der Waals surface area contributed by atoms with Crippen LogP contribution in [0, 0.1) is 0 Å². The second kappa shape index (κ2) is 7.36. The molecule has 1 N–H and O–H groups in total. The Morgan fingerprint density at radius 1 is 1.00 bits per heavy atom. The van der Waals surface area contributed by atoms with Crippen LogP contribution in [-0.2, 0) is 10.9 Å². The van der Waals surface area contributed by atoms with Gasteiger partial charge in [0.15, 0.2) is 0 Å². The van der Waals surface area contributed by atoms with Gasteiger partial charge in [0.1, 0.15) is 6.61 Å². The van der Waals surface area contributed by atoms with E-state index in [0.717, 1.165) is 11.0 Å². The number of ether oxygens (including phenoxy) is 1. The first-order valence-electron chi connectivity index (χ1n) is 7.84. The molecule has 0 spiro atoms. The number of nitrogens with one attached hydrogen (secondary N) is 1. The molecule has 1 heterocycles. The number of amides is 2. The Morgan fingerprint density at radius 2 is 1.56 bits per heavy atom. The highest BCUT2D eigenvalue weighted by Gasteiger charge is 2.35. The van der Waals surface area contributed by atoms with Crippen LogP contribution in [0.1, 0.15) is 26.3 Å². The monoisotopic (exact) mass is 394 g/mol. The van der Waals surface area contributed by atoms with Crippen LogP contribution < -0.4 is 5.32 Å². The second-order valence-electron chi connectivity index (χ2n) is 5.61.